The first-order chi connectivity index (χ1) is 11.4. The van der Waals surface area contributed by atoms with E-state index >= 15 is 0 Å². The molecule has 0 radical (unpaired) electrons. The highest BCUT2D eigenvalue weighted by Gasteiger charge is 2.61. The molecule has 1 aromatic carbocycles. The summed E-state index contributed by atoms with van der Waals surface area (Å²) in [5.74, 6) is 0.563. The standard InChI is InChI=1S/C17H21FN4O2/c1-16(2)11-6-17(7-11,24-16)10-22-8-13(20-21-22)9-23-15-5-12(18)3-4-14(15)19/h3-5,8,11H,6-7,9-10,19H2,1-2H3. The van der Waals surface area contributed by atoms with Crippen molar-refractivity contribution in [3.05, 3.63) is 35.9 Å². The van der Waals surface area contributed by atoms with Crippen molar-refractivity contribution in [2.24, 2.45) is 5.92 Å². The predicted molar refractivity (Wildman–Crippen MR) is 85.8 cm³/mol. The van der Waals surface area contributed by atoms with Gasteiger partial charge in [0.05, 0.1) is 29.6 Å². The molecule has 2 N–H and O–H groups in total. The van der Waals surface area contributed by atoms with Crippen molar-refractivity contribution in [3.63, 3.8) is 0 Å². The van der Waals surface area contributed by atoms with Crippen LogP contribution in [0, 0.1) is 11.7 Å². The normalized spacial score (nSPS) is 27.0. The fourth-order valence-corrected chi connectivity index (χ4v) is 3.78. The third-order valence-electron chi connectivity index (χ3n) is 5.09. The summed E-state index contributed by atoms with van der Waals surface area (Å²) in [6.07, 6.45) is 3.99. The van der Waals surface area contributed by atoms with E-state index in [1.165, 1.54) is 18.2 Å². The van der Waals surface area contributed by atoms with Crippen LogP contribution in [0.15, 0.2) is 24.4 Å². The van der Waals surface area contributed by atoms with E-state index < -0.39 is 0 Å². The zero-order chi connectivity index (χ0) is 16.9. The molecule has 0 amide bonds. The largest absolute Gasteiger partial charge is 0.485 e. The van der Waals surface area contributed by atoms with Gasteiger partial charge in [0.15, 0.2) is 0 Å². The lowest BCUT2D eigenvalue weighted by atomic mass is 9.69. The highest BCUT2D eigenvalue weighted by molar-refractivity contribution is 5.52. The molecule has 3 aliphatic rings. The van der Waals surface area contributed by atoms with Crippen molar-refractivity contribution in [3.8, 4) is 5.75 Å². The topological polar surface area (TPSA) is 75.2 Å². The molecular formula is C17H21FN4O2. The van der Waals surface area contributed by atoms with Gasteiger partial charge in [0.2, 0.25) is 0 Å². The van der Waals surface area contributed by atoms with Crippen LogP contribution in [0.1, 0.15) is 32.4 Å². The summed E-state index contributed by atoms with van der Waals surface area (Å²) in [5.41, 5.74) is 6.68. The molecule has 0 unspecified atom stereocenters. The number of rotatable bonds is 5. The summed E-state index contributed by atoms with van der Waals surface area (Å²) in [5, 5.41) is 8.26. The van der Waals surface area contributed by atoms with Gasteiger partial charge in [0.1, 0.15) is 23.9 Å². The SMILES string of the molecule is CC1(C)OC2(Cn3cc(COc4cc(F)ccc4N)nn3)CC1C2. The Morgan fingerprint density at radius 2 is 2.21 bits per heavy atom. The average Bonchev–Trinajstić information content (AvgIpc) is 3.09. The van der Waals surface area contributed by atoms with Crippen LogP contribution in [0.3, 0.4) is 0 Å². The minimum Gasteiger partial charge on any atom is -0.485 e. The van der Waals surface area contributed by atoms with Gasteiger partial charge in [-0.2, -0.15) is 0 Å². The van der Waals surface area contributed by atoms with E-state index in [9.17, 15) is 4.39 Å². The summed E-state index contributed by atoms with van der Waals surface area (Å²) in [6.45, 7) is 5.19. The number of halogens is 1. The molecule has 0 spiro atoms. The maximum atomic E-state index is 13.2. The molecule has 2 bridgehead atoms. The summed E-state index contributed by atoms with van der Waals surface area (Å²) >= 11 is 0. The summed E-state index contributed by atoms with van der Waals surface area (Å²) in [4.78, 5) is 0. The van der Waals surface area contributed by atoms with Crippen molar-refractivity contribution in [1.82, 2.24) is 15.0 Å². The van der Waals surface area contributed by atoms with Gasteiger partial charge >= 0.3 is 0 Å². The molecule has 1 saturated carbocycles. The third-order valence-corrected chi connectivity index (χ3v) is 5.09. The van der Waals surface area contributed by atoms with E-state index in [4.69, 9.17) is 15.2 Å². The Morgan fingerprint density at radius 3 is 2.92 bits per heavy atom. The Kier molecular flexibility index (Phi) is 3.32. The fourth-order valence-electron chi connectivity index (χ4n) is 3.78. The van der Waals surface area contributed by atoms with Gasteiger partial charge in [-0.25, -0.2) is 9.07 Å². The van der Waals surface area contributed by atoms with Crippen LogP contribution in [-0.4, -0.2) is 26.2 Å². The number of fused-ring (bicyclic) bond motifs is 1. The summed E-state index contributed by atoms with van der Waals surface area (Å²) in [7, 11) is 0. The second kappa shape index (κ2) is 5.17. The predicted octanol–water partition coefficient (Wildman–Crippen LogP) is 2.54. The smallest absolute Gasteiger partial charge is 0.145 e. The minimum atomic E-state index is -0.387. The van der Waals surface area contributed by atoms with Gasteiger partial charge in [-0.3, -0.25) is 0 Å². The molecule has 5 rings (SSSR count). The number of hydrogen-bond donors (Lipinski definition) is 1. The monoisotopic (exact) mass is 332 g/mol. The van der Waals surface area contributed by atoms with E-state index in [1.54, 1.807) is 4.68 Å². The van der Waals surface area contributed by atoms with Crippen molar-refractivity contribution in [2.45, 2.75) is 51.0 Å². The Labute approximate surface area is 139 Å². The number of hydrogen-bond acceptors (Lipinski definition) is 5. The molecule has 6 nitrogen and oxygen atoms in total. The van der Waals surface area contributed by atoms with Gasteiger partial charge in [-0.15, -0.1) is 5.10 Å². The maximum Gasteiger partial charge on any atom is 0.145 e. The number of benzene rings is 1. The third kappa shape index (κ3) is 2.62. The summed E-state index contributed by atoms with van der Waals surface area (Å²) in [6, 6.07) is 4.04. The number of nitrogens with zero attached hydrogens (tertiary/aromatic N) is 3. The van der Waals surface area contributed by atoms with E-state index in [-0.39, 0.29) is 23.6 Å². The van der Waals surface area contributed by atoms with Gasteiger partial charge in [0.25, 0.3) is 0 Å². The van der Waals surface area contributed by atoms with Gasteiger partial charge in [-0.1, -0.05) is 5.21 Å². The first-order valence-electron chi connectivity index (χ1n) is 8.12. The van der Waals surface area contributed by atoms with E-state index in [0.717, 1.165) is 12.8 Å². The van der Waals surface area contributed by atoms with Crippen LogP contribution in [0.2, 0.25) is 0 Å². The molecular weight excluding hydrogens is 311 g/mol. The number of anilines is 1. The Balaban J connectivity index is 1.38. The Hall–Kier alpha value is -2.15. The zero-order valence-electron chi connectivity index (χ0n) is 13.8. The van der Waals surface area contributed by atoms with Crippen LogP contribution in [0.25, 0.3) is 0 Å². The van der Waals surface area contributed by atoms with Crippen molar-refractivity contribution < 1.29 is 13.9 Å². The van der Waals surface area contributed by atoms with Crippen LogP contribution in [-0.2, 0) is 17.9 Å². The lowest BCUT2D eigenvalue weighted by Gasteiger charge is -2.35. The molecule has 24 heavy (non-hydrogen) atoms. The molecule has 1 aromatic heterocycles. The fraction of sp³-hybridized carbons (Fsp3) is 0.529. The van der Waals surface area contributed by atoms with E-state index in [0.29, 0.717) is 29.6 Å². The number of aromatic nitrogens is 3. The second-order valence-electron chi connectivity index (χ2n) is 7.37. The average molecular weight is 332 g/mol. The molecule has 2 aromatic rings. The minimum absolute atomic E-state index is 0.0402. The molecule has 2 saturated heterocycles. The maximum absolute atomic E-state index is 13.2. The van der Waals surface area contributed by atoms with E-state index in [1.807, 2.05) is 6.20 Å². The zero-order valence-corrected chi connectivity index (χ0v) is 13.8. The van der Waals surface area contributed by atoms with Crippen molar-refractivity contribution >= 4 is 5.69 Å². The quantitative estimate of drug-likeness (QED) is 0.852. The Bertz CT molecular complexity index is 768. The van der Waals surface area contributed by atoms with E-state index in [2.05, 4.69) is 24.2 Å². The number of nitrogen functional groups attached to an aromatic ring is 1. The number of nitrogens with two attached hydrogens (primary N) is 1. The van der Waals surface area contributed by atoms with Crippen LogP contribution in [0.5, 0.6) is 5.75 Å². The highest BCUT2D eigenvalue weighted by atomic mass is 19.1. The molecule has 0 atom stereocenters. The molecule has 1 aliphatic carbocycles. The molecule has 2 aliphatic heterocycles. The van der Waals surface area contributed by atoms with Gasteiger partial charge < -0.3 is 15.2 Å². The molecule has 7 heteroatoms. The highest BCUT2D eigenvalue weighted by Crippen LogP contribution is 2.58. The van der Waals surface area contributed by atoms with Crippen LogP contribution < -0.4 is 10.5 Å². The van der Waals surface area contributed by atoms with Gasteiger partial charge in [-0.05, 0) is 44.7 Å². The molecule has 3 fully saturated rings. The molecule has 3 heterocycles. The first kappa shape index (κ1) is 15.4. The second-order valence-corrected chi connectivity index (χ2v) is 7.37. The summed E-state index contributed by atoms with van der Waals surface area (Å²) < 4.78 is 26.8. The lowest BCUT2D eigenvalue weighted by Crippen LogP contribution is -2.41. The first-order valence-corrected chi connectivity index (χ1v) is 8.12. The van der Waals surface area contributed by atoms with Crippen LogP contribution >= 0.6 is 0 Å². The van der Waals surface area contributed by atoms with Crippen molar-refractivity contribution in [2.75, 3.05) is 5.73 Å². The number of ether oxygens (including phenoxy) is 2. The van der Waals surface area contributed by atoms with Crippen LogP contribution in [0.4, 0.5) is 10.1 Å². The van der Waals surface area contributed by atoms with Gasteiger partial charge in [0, 0.05) is 6.07 Å². The molecule has 128 valence electrons. The lowest BCUT2D eigenvalue weighted by molar-refractivity contribution is -0.0675. The van der Waals surface area contributed by atoms with Crippen molar-refractivity contribution in [1.29, 1.82) is 0 Å². The Morgan fingerprint density at radius 1 is 1.42 bits per heavy atom.